The van der Waals surface area contributed by atoms with Crippen molar-refractivity contribution in [1.82, 2.24) is 15.6 Å². The predicted molar refractivity (Wildman–Crippen MR) is 84.0 cm³/mol. The van der Waals surface area contributed by atoms with Crippen LogP contribution in [0.25, 0.3) is 0 Å². The van der Waals surface area contributed by atoms with E-state index >= 15 is 0 Å². The highest BCUT2D eigenvalue weighted by Gasteiger charge is 2.21. The summed E-state index contributed by atoms with van der Waals surface area (Å²) in [5.41, 5.74) is -0.0159. The molecule has 5 nitrogen and oxygen atoms in total. The third-order valence-electron chi connectivity index (χ3n) is 3.75. The Balaban J connectivity index is 1.80. The number of nitrogens with zero attached hydrogens (tertiary/aromatic N) is 1. The average Bonchev–Trinajstić information content (AvgIpc) is 2.57. The zero-order valence-electron chi connectivity index (χ0n) is 12.9. The van der Waals surface area contributed by atoms with Crippen molar-refractivity contribution in [3.05, 3.63) is 53.7 Å². The predicted octanol–water partition coefficient (Wildman–Crippen LogP) is 2.63. The van der Waals surface area contributed by atoms with E-state index in [1.165, 1.54) is 24.3 Å². The summed E-state index contributed by atoms with van der Waals surface area (Å²) >= 11 is 0. The largest absolute Gasteiger partial charge is 0.438 e. The first-order valence-corrected chi connectivity index (χ1v) is 7.72. The molecule has 126 valence electrons. The van der Waals surface area contributed by atoms with Crippen molar-refractivity contribution in [3.8, 4) is 11.6 Å². The molecule has 1 aromatic heterocycles. The molecule has 1 saturated heterocycles. The third-order valence-corrected chi connectivity index (χ3v) is 3.75. The van der Waals surface area contributed by atoms with Crippen molar-refractivity contribution in [1.29, 1.82) is 0 Å². The van der Waals surface area contributed by atoms with Gasteiger partial charge < -0.3 is 15.4 Å². The minimum Gasteiger partial charge on any atom is -0.438 e. The Morgan fingerprint density at radius 3 is 2.75 bits per heavy atom. The maximum absolute atomic E-state index is 13.5. The van der Waals surface area contributed by atoms with E-state index in [-0.39, 0.29) is 23.2 Å². The second-order valence-corrected chi connectivity index (χ2v) is 5.56. The van der Waals surface area contributed by atoms with Gasteiger partial charge in [0.1, 0.15) is 22.9 Å². The summed E-state index contributed by atoms with van der Waals surface area (Å²) in [5, 5.41) is 6.06. The van der Waals surface area contributed by atoms with Gasteiger partial charge in [-0.3, -0.25) is 4.79 Å². The zero-order chi connectivity index (χ0) is 16.9. The number of amides is 1. The first-order chi connectivity index (χ1) is 11.6. The maximum atomic E-state index is 13.5. The Hall–Kier alpha value is -2.54. The molecule has 2 heterocycles. The monoisotopic (exact) mass is 333 g/mol. The van der Waals surface area contributed by atoms with Crippen LogP contribution in [0, 0.1) is 11.6 Å². The van der Waals surface area contributed by atoms with Gasteiger partial charge in [0.15, 0.2) is 0 Å². The molecule has 1 aromatic carbocycles. The van der Waals surface area contributed by atoms with E-state index in [1.54, 1.807) is 0 Å². The van der Waals surface area contributed by atoms with Crippen LogP contribution in [0.5, 0.6) is 11.6 Å². The number of rotatable bonds is 4. The number of nitrogens with one attached hydrogen (secondary N) is 2. The highest BCUT2D eigenvalue weighted by molar-refractivity contribution is 5.96. The van der Waals surface area contributed by atoms with Crippen LogP contribution >= 0.6 is 0 Å². The highest BCUT2D eigenvalue weighted by Crippen LogP contribution is 2.24. The molecule has 1 fully saturated rings. The Morgan fingerprint density at radius 2 is 2.00 bits per heavy atom. The van der Waals surface area contributed by atoms with Crippen LogP contribution in [-0.2, 0) is 0 Å². The zero-order valence-corrected chi connectivity index (χ0v) is 12.9. The van der Waals surface area contributed by atoms with Crippen LogP contribution in [0.3, 0.4) is 0 Å². The van der Waals surface area contributed by atoms with E-state index in [2.05, 4.69) is 15.6 Å². The van der Waals surface area contributed by atoms with E-state index in [0.29, 0.717) is 0 Å². The van der Waals surface area contributed by atoms with Gasteiger partial charge >= 0.3 is 0 Å². The summed E-state index contributed by atoms with van der Waals surface area (Å²) in [4.78, 5) is 16.3. The number of pyridine rings is 1. The summed E-state index contributed by atoms with van der Waals surface area (Å²) in [6, 6.07) is 6.53. The number of carbonyl (C=O) groups is 1. The molecule has 1 amide bonds. The molecule has 3 rings (SSSR count). The van der Waals surface area contributed by atoms with Gasteiger partial charge in [0.05, 0.1) is 6.20 Å². The van der Waals surface area contributed by atoms with Gasteiger partial charge in [0.2, 0.25) is 5.88 Å². The van der Waals surface area contributed by atoms with E-state index in [4.69, 9.17) is 4.74 Å². The number of hydrogen-bond donors (Lipinski definition) is 2. The van der Waals surface area contributed by atoms with Crippen molar-refractivity contribution < 1.29 is 18.3 Å². The van der Waals surface area contributed by atoms with Crippen LogP contribution in [0.4, 0.5) is 8.78 Å². The van der Waals surface area contributed by atoms with Crippen LogP contribution in [0.1, 0.15) is 23.2 Å². The lowest BCUT2D eigenvalue weighted by molar-refractivity contribution is 0.0926. The molecule has 7 heteroatoms. The number of carbonyl (C=O) groups excluding carboxylic acids is 1. The van der Waals surface area contributed by atoms with Crippen molar-refractivity contribution in [3.63, 3.8) is 0 Å². The smallest absolute Gasteiger partial charge is 0.257 e. The Bertz CT molecular complexity index is 734. The van der Waals surface area contributed by atoms with Crippen molar-refractivity contribution in [2.45, 2.75) is 18.9 Å². The van der Waals surface area contributed by atoms with Crippen LogP contribution in [0.2, 0.25) is 0 Å². The van der Waals surface area contributed by atoms with Crippen LogP contribution in [0.15, 0.2) is 36.5 Å². The standard InChI is InChI=1S/C17H17F2N3O2/c18-11-2-1-3-14(8-11)24-17-15(9-12(19)10-21-17)16(23)22-13-4-6-20-7-5-13/h1-3,8-10,13,20H,4-7H2,(H,22,23). The molecule has 24 heavy (non-hydrogen) atoms. The second-order valence-electron chi connectivity index (χ2n) is 5.56. The molecule has 2 aromatic rings. The lowest BCUT2D eigenvalue weighted by Gasteiger charge is -2.24. The van der Waals surface area contributed by atoms with Gasteiger partial charge in [-0.1, -0.05) is 6.07 Å². The van der Waals surface area contributed by atoms with Gasteiger partial charge in [0.25, 0.3) is 5.91 Å². The van der Waals surface area contributed by atoms with E-state index in [1.807, 2.05) is 0 Å². The number of piperidine rings is 1. The lowest BCUT2D eigenvalue weighted by atomic mass is 10.1. The first-order valence-electron chi connectivity index (χ1n) is 7.72. The Kier molecular flexibility index (Phi) is 5.00. The molecule has 0 spiro atoms. The molecular weight excluding hydrogens is 316 g/mol. The molecule has 0 aliphatic carbocycles. The van der Waals surface area contributed by atoms with Crippen molar-refractivity contribution in [2.75, 3.05) is 13.1 Å². The van der Waals surface area contributed by atoms with Gasteiger partial charge in [0, 0.05) is 12.1 Å². The SMILES string of the molecule is O=C(NC1CCNCC1)c1cc(F)cnc1Oc1cccc(F)c1. The van der Waals surface area contributed by atoms with E-state index in [0.717, 1.165) is 38.2 Å². The van der Waals surface area contributed by atoms with Gasteiger partial charge in [-0.2, -0.15) is 0 Å². The Labute approximate surface area is 138 Å². The third kappa shape index (κ3) is 4.05. The number of ether oxygens (including phenoxy) is 1. The molecule has 0 unspecified atom stereocenters. The molecule has 1 aliphatic rings. The minimum atomic E-state index is -0.642. The topological polar surface area (TPSA) is 63.2 Å². The number of benzene rings is 1. The summed E-state index contributed by atoms with van der Waals surface area (Å²) < 4.78 is 32.2. The lowest BCUT2D eigenvalue weighted by Crippen LogP contribution is -2.42. The van der Waals surface area contributed by atoms with Gasteiger partial charge in [-0.15, -0.1) is 0 Å². The number of aromatic nitrogens is 1. The molecular formula is C17H17F2N3O2. The average molecular weight is 333 g/mol. The number of halogens is 2. The fourth-order valence-corrected chi connectivity index (χ4v) is 2.54. The summed E-state index contributed by atoms with van der Waals surface area (Å²) in [5.74, 6) is -1.45. The minimum absolute atomic E-state index is 0.0159. The van der Waals surface area contributed by atoms with Gasteiger partial charge in [-0.05, 0) is 44.1 Å². The second kappa shape index (κ2) is 7.35. The van der Waals surface area contributed by atoms with E-state index < -0.39 is 17.5 Å². The van der Waals surface area contributed by atoms with E-state index in [9.17, 15) is 13.6 Å². The summed E-state index contributed by atoms with van der Waals surface area (Å²) in [6.45, 7) is 1.64. The molecule has 1 aliphatic heterocycles. The number of hydrogen-bond acceptors (Lipinski definition) is 4. The normalized spacial score (nSPS) is 15.1. The maximum Gasteiger partial charge on any atom is 0.257 e. The quantitative estimate of drug-likeness (QED) is 0.903. The van der Waals surface area contributed by atoms with Crippen molar-refractivity contribution >= 4 is 5.91 Å². The highest BCUT2D eigenvalue weighted by atomic mass is 19.1. The summed E-state index contributed by atoms with van der Waals surface area (Å²) in [7, 11) is 0. The molecule has 2 N–H and O–H groups in total. The Morgan fingerprint density at radius 1 is 1.21 bits per heavy atom. The summed E-state index contributed by atoms with van der Waals surface area (Å²) in [6.07, 6.45) is 2.55. The van der Waals surface area contributed by atoms with Crippen LogP contribution < -0.4 is 15.4 Å². The van der Waals surface area contributed by atoms with Crippen molar-refractivity contribution in [2.24, 2.45) is 0 Å². The fraction of sp³-hybridized carbons (Fsp3) is 0.294. The molecule has 0 atom stereocenters. The van der Waals surface area contributed by atoms with Gasteiger partial charge in [-0.25, -0.2) is 13.8 Å². The molecule has 0 bridgehead atoms. The molecule has 0 radical (unpaired) electrons. The van der Waals surface area contributed by atoms with Crippen LogP contribution in [-0.4, -0.2) is 30.0 Å². The molecule has 0 saturated carbocycles. The first kappa shape index (κ1) is 16.3. The fourth-order valence-electron chi connectivity index (χ4n) is 2.54.